The van der Waals surface area contributed by atoms with Crippen molar-refractivity contribution in [1.29, 1.82) is 0 Å². The molecular weight excluding hydrogens is 267 g/mol. The first-order valence-electron chi connectivity index (χ1n) is 6.84. The Labute approximate surface area is 116 Å². The van der Waals surface area contributed by atoms with Gasteiger partial charge in [-0.3, -0.25) is 4.79 Å². The molecule has 0 saturated heterocycles. The van der Waals surface area contributed by atoms with Crippen LogP contribution in [-0.2, 0) is 6.18 Å². The highest BCUT2D eigenvalue weighted by Gasteiger charge is 2.30. The molecule has 1 amide bonds. The molecular formula is C15H18F3NO. The minimum Gasteiger partial charge on any atom is -0.349 e. The average Bonchev–Trinajstić information content (AvgIpc) is 2.40. The lowest BCUT2D eigenvalue weighted by atomic mass is 9.87. The number of nitrogens with one attached hydrogen (secondary N) is 1. The smallest absolute Gasteiger partial charge is 0.349 e. The molecule has 0 radical (unpaired) electrons. The summed E-state index contributed by atoms with van der Waals surface area (Å²) in [5.74, 6) is 0.396. The van der Waals surface area contributed by atoms with Crippen LogP contribution in [0.3, 0.4) is 0 Å². The van der Waals surface area contributed by atoms with Crippen LogP contribution in [0.15, 0.2) is 24.3 Å². The summed E-state index contributed by atoms with van der Waals surface area (Å²) >= 11 is 0. The average molecular weight is 285 g/mol. The molecule has 1 saturated carbocycles. The van der Waals surface area contributed by atoms with E-state index >= 15 is 0 Å². The zero-order valence-electron chi connectivity index (χ0n) is 11.3. The predicted octanol–water partition coefficient (Wildman–Crippen LogP) is 4.01. The second-order valence-corrected chi connectivity index (χ2v) is 5.51. The van der Waals surface area contributed by atoms with E-state index in [4.69, 9.17) is 0 Å². The summed E-state index contributed by atoms with van der Waals surface area (Å²) in [7, 11) is 0. The van der Waals surface area contributed by atoms with Gasteiger partial charge in [-0.2, -0.15) is 13.2 Å². The molecule has 1 aromatic carbocycles. The van der Waals surface area contributed by atoms with Crippen molar-refractivity contribution in [1.82, 2.24) is 5.32 Å². The van der Waals surface area contributed by atoms with Crippen molar-refractivity contribution in [3.05, 3.63) is 35.4 Å². The number of hydrogen-bond donors (Lipinski definition) is 1. The Morgan fingerprint density at radius 3 is 2.15 bits per heavy atom. The maximum absolute atomic E-state index is 12.4. The van der Waals surface area contributed by atoms with E-state index in [2.05, 4.69) is 12.2 Å². The van der Waals surface area contributed by atoms with E-state index in [0.29, 0.717) is 5.92 Å². The number of carbonyl (C=O) groups excluding carboxylic acids is 1. The highest BCUT2D eigenvalue weighted by Crippen LogP contribution is 2.29. The zero-order chi connectivity index (χ0) is 14.8. The van der Waals surface area contributed by atoms with E-state index in [0.717, 1.165) is 37.8 Å². The van der Waals surface area contributed by atoms with Crippen molar-refractivity contribution >= 4 is 5.91 Å². The van der Waals surface area contributed by atoms with E-state index < -0.39 is 11.7 Å². The molecule has 0 atom stereocenters. The normalized spacial score (nSPS) is 23.4. The number of hydrogen-bond acceptors (Lipinski definition) is 1. The number of halogens is 3. The minimum absolute atomic E-state index is 0.140. The summed E-state index contributed by atoms with van der Waals surface area (Å²) in [6.45, 7) is 2.19. The Morgan fingerprint density at radius 1 is 1.10 bits per heavy atom. The van der Waals surface area contributed by atoms with Gasteiger partial charge in [-0.1, -0.05) is 6.92 Å². The lowest BCUT2D eigenvalue weighted by Gasteiger charge is -2.26. The van der Waals surface area contributed by atoms with Crippen LogP contribution < -0.4 is 5.32 Å². The first kappa shape index (κ1) is 14.9. The van der Waals surface area contributed by atoms with Gasteiger partial charge in [0.2, 0.25) is 0 Å². The van der Waals surface area contributed by atoms with Crippen molar-refractivity contribution < 1.29 is 18.0 Å². The molecule has 1 fully saturated rings. The quantitative estimate of drug-likeness (QED) is 0.874. The van der Waals surface area contributed by atoms with E-state index in [9.17, 15) is 18.0 Å². The molecule has 0 spiro atoms. The molecule has 0 unspecified atom stereocenters. The van der Waals surface area contributed by atoms with Crippen LogP contribution in [0, 0.1) is 5.92 Å². The molecule has 0 aromatic heterocycles. The van der Waals surface area contributed by atoms with Crippen molar-refractivity contribution in [2.45, 2.75) is 44.8 Å². The largest absolute Gasteiger partial charge is 0.416 e. The third kappa shape index (κ3) is 3.74. The number of alkyl halides is 3. The third-order valence-corrected chi connectivity index (χ3v) is 3.83. The Kier molecular flexibility index (Phi) is 4.35. The predicted molar refractivity (Wildman–Crippen MR) is 70.3 cm³/mol. The van der Waals surface area contributed by atoms with E-state index in [1.54, 1.807) is 0 Å². The lowest BCUT2D eigenvalue weighted by Crippen LogP contribution is -2.37. The summed E-state index contributed by atoms with van der Waals surface area (Å²) in [5.41, 5.74) is -0.461. The molecule has 1 aliphatic carbocycles. The SMILES string of the molecule is CC1CCC(NC(=O)c2ccc(C(F)(F)F)cc2)CC1. The molecule has 0 aliphatic heterocycles. The van der Waals surface area contributed by atoms with Crippen LogP contribution in [0.25, 0.3) is 0 Å². The molecule has 2 rings (SSSR count). The zero-order valence-corrected chi connectivity index (χ0v) is 11.3. The van der Waals surface area contributed by atoms with Crippen LogP contribution in [0.1, 0.15) is 48.5 Å². The van der Waals surface area contributed by atoms with Crippen LogP contribution in [0.4, 0.5) is 13.2 Å². The molecule has 1 aliphatic rings. The number of benzene rings is 1. The van der Waals surface area contributed by atoms with E-state index in [1.165, 1.54) is 12.1 Å². The van der Waals surface area contributed by atoms with Crippen molar-refractivity contribution in [2.75, 3.05) is 0 Å². The topological polar surface area (TPSA) is 29.1 Å². The van der Waals surface area contributed by atoms with Crippen LogP contribution in [0.2, 0.25) is 0 Å². The first-order chi connectivity index (χ1) is 9.36. The second kappa shape index (κ2) is 5.85. The standard InChI is InChI=1S/C15H18F3NO/c1-10-2-8-13(9-3-10)19-14(20)11-4-6-12(7-5-11)15(16,17)18/h4-7,10,13H,2-3,8-9H2,1H3,(H,19,20). The Morgan fingerprint density at radius 2 is 1.65 bits per heavy atom. The van der Waals surface area contributed by atoms with Gasteiger partial charge in [-0.05, 0) is 55.9 Å². The molecule has 1 aromatic rings. The summed E-state index contributed by atoms with van der Waals surface area (Å²) in [4.78, 5) is 12.0. The Hall–Kier alpha value is -1.52. The monoisotopic (exact) mass is 285 g/mol. The summed E-state index contributed by atoms with van der Waals surface area (Å²) in [6, 6.07) is 4.48. The molecule has 110 valence electrons. The Bertz CT molecular complexity index is 459. The fourth-order valence-electron chi connectivity index (χ4n) is 2.48. The molecule has 0 heterocycles. The van der Waals surface area contributed by atoms with Gasteiger partial charge in [0.05, 0.1) is 5.56 Å². The molecule has 5 heteroatoms. The summed E-state index contributed by atoms with van der Waals surface area (Å²) < 4.78 is 37.3. The van der Waals surface area contributed by atoms with E-state index in [1.807, 2.05) is 0 Å². The lowest BCUT2D eigenvalue weighted by molar-refractivity contribution is -0.137. The first-order valence-corrected chi connectivity index (χ1v) is 6.84. The van der Waals surface area contributed by atoms with E-state index in [-0.39, 0.29) is 17.5 Å². The molecule has 2 nitrogen and oxygen atoms in total. The number of amides is 1. The summed E-state index contributed by atoms with van der Waals surface area (Å²) in [6.07, 6.45) is -0.328. The van der Waals surface area contributed by atoms with Crippen LogP contribution >= 0.6 is 0 Å². The van der Waals surface area contributed by atoms with Crippen molar-refractivity contribution in [2.24, 2.45) is 5.92 Å². The van der Waals surface area contributed by atoms with Gasteiger partial charge in [0.25, 0.3) is 5.91 Å². The molecule has 20 heavy (non-hydrogen) atoms. The fraction of sp³-hybridized carbons (Fsp3) is 0.533. The third-order valence-electron chi connectivity index (χ3n) is 3.83. The van der Waals surface area contributed by atoms with Gasteiger partial charge in [0.1, 0.15) is 0 Å². The van der Waals surface area contributed by atoms with Gasteiger partial charge in [-0.15, -0.1) is 0 Å². The maximum Gasteiger partial charge on any atom is 0.416 e. The fourth-order valence-corrected chi connectivity index (χ4v) is 2.48. The van der Waals surface area contributed by atoms with Crippen LogP contribution in [0.5, 0.6) is 0 Å². The van der Waals surface area contributed by atoms with Crippen molar-refractivity contribution in [3.8, 4) is 0 Å². The van der Waals surface area contributed by atoms with Crippen LogP contribution in [-0.4, -0.2) is 11.9 Å². The Balaban J connectivity index is 1.96. The summed E-state index contributed by atoms with van der Waals surface area (Å²) in [5, 5.41) is 2.89. The number of rotatable bonds is 2. The van der Waals surface area contributed by atoms with Gasteiger partial charge in [0.15, 0.2) is 0 Å². The highest BCUT2D eigenvalue weighted by atomic mass is 19.4. The van der Waals surface area contributed by atoms with Gasteiger partial charge < -0.3 is 5.32 Å². The van der Waals surface area contributed by atoms with Gasteiger partial charge in [-0.25, -0.2) is 0 Å². The van der Waals surface area contributed by atoms with Gasteiger partial charge in [0, 0.05) is 11.6 Å². The molecule has 1 N–H and O–H groups in total. The maximum atomic E-state index is 12.4. The van der Waals surface area contributed by atoms with Crippen molar-refractivity contribution in [3.63, 3.8) is 0 Å². The minimum atomic E-state index is -4.37. The second-order valence-electron chi connectivity index (χ2n) is 5.51. The molecule has 0 bridgehead atoms. The number of carbonyl (C=O) groups is 1. The highest BCUT2D eigenvalue weighted by molar-refractivity contribution is 5.94. The van der Waals surface area contributed by atoms with Gasteiger partial charge >= 0.3 is 6.18 Å².